The number of hydrogen-bond donors (Lipinski definition) is 3. The second-order valence-corrected chi connectivity index (χ2v) is 8.29. The second kappa shape index (κ2) is 11.1. The maximum Gasteiger partial charge on any atom is 0.328 e. The van der Waals surface area contributed by atoms with E-state index < -0.39 is 5.91 Å². The number of amides is 3. The van der Waals surface area contributed by atoms with Gasteiger partial charge in [-0.2, -0.15) is 0 Å². The quantitative estimate of drug-likeness (QED) is 0.288. The Hall–Kier alpha value is -2.18. The van der Waals surface area contributed by atoms with Crippen LogP contribution in [0.25, 0.3) is 0 Å². The van der Waals surface area contributed by atoms with Crippen LogP contribution in [0, 0.1) is 0 Å². The molecule has 0 aromatic heterocycles. The van der Waals surface area contributed by atoms with E-state index in [-0.39, 0.29) is 24.1 Å². The van der Waals surface area contributed by atoms with Crippen LogP contribution in [0.5, 0.6) is 5.75 Å². The van der Waals surface area contributed by atoms with Crippen molar-refractivity contribution in [3.8, 4) is 5.75 Å². The molecule has 0 bridgehead atoms. The van der Waals surface area contributed by atoms with Gasteiger partial charge in [-0.15, -0.1) is 0 Å². The molecule has 1 saturated heterocycles. The first-order valence-electron chi connectivity index (χ1n) is 9.68. The number of benzene rings is 1. The zero-order valence-electron chi connectivity index (χ0n) is 16.9. The Balaban J connectivity index is 1.70. The summed E-state index contributed by atoms with van der Waals surface area (Å²) < 4.78 is 18.2. The molecule has 2 unspecified atom stereocenters. The van der Waals surface area contributed by atoms with E-state index in [0.29, 0.717) is 18.7 Å². The van der Waals surface area contributed by atoms with Crippen LogP contribution in [0.2, 0.25) is 0 Å². The fourth-order valence-corrected chi connectivity index (χ4v) is 2.82. The first kappa shape index (κ1) is 23.1. The summed E-state index contributed by atoms with van der Waals surface area (Å²) in [5, 5.41) is 2.29. The lowest BCUT2D eigenvalue weighted by Gasteiger charge is -2.27. The lowest BCUT2D eigenvalue weighted by molar-refractivity contribution is -0.121. The number of hydrazine groups is 1. The van der Waals surface area contributed by atoms with Crippen LogP contribution >= 0.6 is 9.24 Å². The molecule has 7 nitrogen and oxygen atoms in total. The third kappa shape index (κ3) is 8.79. The highest BCUT2D eigenvalue weighted by molar-refractivity contribution is 7.17. The number of nitrogens with one attached hydrogen (secondary N) is 3. The third-order valence-corrected chi connectivity index (χ3v) is 4.53. The molecule has 1 aromatic rings. The minimum atomic E-state index is -1.09. The van der Waals surface area contributed by atoms with Gasteiger partial charge in [-0.1, -0.05) is 21.4 Å². The number of alkyl halides is 1. The molecule has 2 rings (SSSR count). The van der Waals surface area contributed by atoms with Gasteiger partial charge in [0.2, 0.25) is 5.91 Å². The summed E-state index contributed by atoms with van der Waals surface area (Å²) in [5.74, 6) is -0.717. The molecule has 1 aliphatic rings. The largest absolute Gasteiger partial charge is 0.490 e. The number of halogens is 1. The summed E-state index contributed by atoms with van der Waals surface area (Å²) in [6.45, 7) is 4.60. The van der Waals surface area contributed by atoms with E-state index in [1.54, 1.807) is 12.3 Å². The average molecular weight is 424 g/mol. The Morgan fingerprint density at radius 2 is 2.21 bits per heavy atom. The van der Waals surface area contributed by atoms with Gasteiger partial charge in [-0.05, 0) is 45.2 Å². The normalized spacial score (nSPS) is 16.1. The molecule has 0 saturated carbocycles. The maximum atomic E-state index is 12.9. The summed E-state index contributed by atoms with van der Waals surface area (Å²) in [4.78, 5) is 24.3. The van der Waals surface area contributed by atoms with E-state index in [9.17, 15) is 14.0 Å². The number of ether oxygens (including phenoxy) is 1. The fraction of sp³-hybridized carbons (Fsp3) is 0.500. The zero-order valence-corrected chi connectivity index (χ0v) is 18.1. The van der Waals surface area contributed by atoms with Crippen molar-refractivity contribution in [3.63, 3.8) is 0 Å². The Kier molecular flexibility index (Phi) is 8.86. The number of carbonyl (C=O) groups excluding carboxylic acids is 2. The van der Waals surface area contributed by atoms with Gasteiger partial charge in [0.05, 0.1) is 5.69 Å². The molecule has 1 fully saturated rings. The minimum absolute atomic E-state index is 0.00401. The van der Waals surface area contributed by atoms with Gasteiger partial charge in [0.1, 0.15) is 18.3 Å². The summed E-state index contributed by atoms with van der Waals surface area (Å²) in [7, 11) is 2.06. The number of hydrogen-bond acceptors (Lipinski definition) is 5. The molecule has 2 atom stereocenters. The summed E-state index contributed by atoms with van der Waals surface area (Å²) in [5.41, 5.74) is 7.15. The van der Waals surface area contributed by atoms with Crippen molar-refractivity contribution < 1.29 is 18.7 Å². The lowest BCUT2D eigenvalue weighted by atomic mass is 9.98. The van der Waals surface area contributed by atoms with Gasteiger partial charge in [0.25, 0.3) is 0 Å². The van der Waals surface area contributed by atoms with E-state index in [0.717, 1.165) is 24.9 Å². The molecule has 0 aliphatic carbocycles. The molecule has 3 N–H and O–H groups in total. The minimum Gasteiger partial charge on any atom is -0.490 e. The fourth-order valence-electron chi connectivity index (χ4n) is 2.73. The number of imide groups is 1. The van der Waals surface area contributed by atoms with Crippen molar-refractivity contribution in [2.24, 2.45) is 0 Å². The van der Waals surface area contributed by atoms with E-state index in [2.05, 4.69) is 39.3 Å². The Bertz CT molecular complexity index is 727. The van der Waals surface area contributed by atoms with Crippen LogP contribution in [0.15, 0.2) is 36.5 Å². The van der Waals surface area contributed by atoms with Crippen LogP contribution < -0.4 is 20.9 Å². The number of nitrogens with zero attached hydrogens (tertiary/aromatic N) is 1. The maximum absolute atomic E-state index is 12.9. The molecule has 1 aromatic carbocycles. The van der Waals surface area contributed by atoms with Crippen LogP contribution in [-0.4, -0.2) is 41.4 Å². The smallest absolute Gasteiger partial charge is 0.328 e. The highest BCUT2D eigenvalue weighted by atomic mass is 31.0. The van der Waals surface area contributed by atoms with Gasteiger partial charge in [-0.3, -0.25) is 10.1 Å². The number of carbonyl (C=O) groups is 2. The van der Waals surface area contributed by atoms with Gasteiger partial charge in [-0.25, -0.2) is 14.6 Å². The zero-order chi connectivity index (χ0) is 21.3. The Morgan fingerprint density at radius 1 is 1.41 bits per heavy atom. The first-order valence-corrected chi connectivity index (χ1v) is 10.3. The van der Waals surface area contributed by atoms with Gasteiger partial charge in [0, 0.05) is 30.8 Å². The van der Waals surface area contributed by atoms with Crippen molar-refractivity contribution in [3.05, 3.63) is 36.5 Å². The SMILES string of the molecule is CC(C)(CCC/C=C/N1CCC(=O)NC1=O)NNc1cccc(OCC(F)P)c1. The Labute approximate surface area is 173 Å². The lowest BCUT2D eigenvalue weighted by Crippen LogP contribution is -2.46. The molecular weight excluding hydrogens is 394 g/mol. The van der Waals surface area contributed by atoms with Crippen LogP contribution in [0.1, 0.15) is 39.5 Å². The molecule has 1 heterocycles. The van der Waals surface area contributed by atoms with Crippen molar-refractivity contribution in [1.29, 1.82) is 0 Å². The van der Waals surface area contributed by atoms with Crippen molar-refractivity contribution in [1.82, 2.24) is 15.6 Å². The average Bonchev–Trinajstić information content (AvgIpc) is 2.66. The van der Waals surface area contributed by atoms with E-state index >= 15 is 0 Å². The highest BCUT2D eigenvalue weighted by Crippen LogP contribution is 2.19. The second-order valence-electron chi connectivity index (χ2n) is 7.56. The standard InChI is InChI=1S/C20H30FN4O3P/c1-20(2,10-4-3-5-11-25-12-9-18(26)22-19(25)27)24-23-15-7-6-8-16(13-15)28-14-17(21)29/h5-8,11,13,17,23-24H,3-4,9-10,12,14,29H2,1-2H3,(H,22,26,27)/b11-5+. The number of rotatable bonds is 11. The monoisotopic (exact) mass is 424 g/mol. The molecule has 1 aliphatic heterocycles. The molecular formula is C20H30FN4O3P. The number of unbranched alkanes of at least 4 members (excludes halogenated alkanes) is 1. The Morgan fingerprint density at radius 3 is 2.93 bits per heavy atom. The summed E-state index contributed by atoms with van der Waals surface area (Å²) in [6.07, 6.45) is 6.68. The summed E-state index contributed by atoms with van der Waals surface area (Å²) >= 11 is 0. The summed E-state index contributed by atoms with van der Waals surface area (Å²) in [6, 6.07) is 6.98. The van der Waals surface area contributed by atoms with E-state index in [1.807, 2.05) is 24.3 Å². The van der Waals surface area contributed by atoms with Crippen LogP contribution in [0.4, 0.5) is 14.9 Å². The molecule has 9 heteroatoms. The predicted octanol–water partition coefficient (Wildman–Crippen LogP) is 3.56. The number of allylic oxidation sites excluding steroid dienone is 1. The van der Waals surface area contributed by atoms with Crippen molar-refractivity contribution in [2.75, 3.05) is 18.6 Å². The first-order chi connectivity index (χ1) is 13.7. The van der Waals surface area contributed by atoms with Crippen molar-refractivity contribution in [2.45, 2.75) is 51.0 Å². The van der Waals surface area contributed by atoms with E-state index in [4.69, 9.17) is 4.74 Å². The van der Waals surface area contributed by atoms with Crippen molar-refractivity contribution >= 4 is 26.9 Å². The number of anilines is 1. The molecule has 0 radical (unpaired) electrons. The highest BCUT2D eigenvalue weighted by Gasteiger charge is 2.20. The van der Waals surface area contributed by atoms with Gasteiger partial charge in [0.15, 0.2) is 0 Å². The number of urea groups is 1. The van der Waals surface area contributed by atoms with E-state index in [1.165, 1.54) is 4.90 Å². The van der Waals surface area contributed by atoms with Crippen LogP contribution in [-0.2, 0) is 4.79 Å². The van der Waals surface area contributed by atoms with Crippen LogP contribution in [0.3, 0.4) is 0 Å². The molecule has 160 valence electrons. The molecule has 29 heavy (non-hydrogen) atoms. The van der Waals surface area contributed by atoms with Gasteiger partial charge < -0.3 is 15.1 Å². The third-order valence-electron chi connectivity index (χ3n) is 4.33. The predicted molar refractivity (Wildman–Crippen MR) is 115 cm³/mol. The topological polar surface area (TPSA) is 82.7 Å². The molecule has 3 amide bonds. The van der Waals surface area contributed by atoms with Gasteiger partial charge >= 0.3 is 6.03 Å². The molecule has 0 spiro atoms.